The highest BCUT2D eigenvalue weighted by Gasteiger charge is 2.29. The Labute approximate surface area is 119 Å². The summed E-state index contributed by atoms with van der Waals surface area (Å²) in [6.45, 7) is 0. The van der Waals surface area contributed by atoms with E-state index in [0.29, 0.717) is 6.04 Å². The van der Waals surface area contributed by atoms with E-state index in [4.69, 9.17) is 0 Å². The first-order valence-corrected chi connectivity index (χ1v) is 7.52. The van der Waals surface area contributed by atoms with Gasteiger partial charge in [-0.2, -0.15) is 5.10 Å². The maximum absolute atomic E-state index is 12.4. The third kappa shape index (κ3) is 2.84. The number of urea groups is 1. The maximum Gasteiger partial charge on any atom is 0.338 e. The summed E-state index contributed by atoms with van der Waals surface area (Å²) in [5, 5.41) is 8.99. The van der Waals surface area contributed by atoms with Crippen molar-refractivity contribution in [3.63, 3.8) is 0 Å². The van der Waals surface area contributed by atoms with Crippen molar-refractivity contribution in [3.05, 3.63) is 35.9 Å². The molecule has 1 aliphatic carbocycles. The minimum absolute atomic E-state index is 0.0415. The lowest BCUT2D eigenvalue weighted by Crippen LogP contribution is -2.43. The molecule has 3 rings (SSSR count). The lowest BCUT2D eigenvalue weighted by Gasteiger charge is -2.27. The van der Waals surface area contributed by atoms with Crippen LogP contribution in [-0.4, -0.2) is 23.3 Å². The van der Waals surface area contributed by atoms with Gasteiger partial charge in [0, 0.05) is 18.7 Å². The summed E-state index contributed by atoms with van der Waals surface area (Å²) in [5.74, 6) is 0. The first-order chi connectivity index (χ1) is 9.84. The quantitative estimate of drug-likeness (QED) is 0.879. The molecule has 106 valence electrons. The van der Waals surface area contributed by atoms with E-state index in [9.17, 15) is 4.79 Å². The third-order valence-corrected chi connectivity index (χ3v) is 4.16. The second-order valence-corrected chi connectivity index (χ2v) is 5.59. The number of hydrogen-bond donors (Lipinski definition) is 1. The van der Waals surface area contributed by atoms with Crippen molar-refractivity contribution in [2.75, 3.05) is 0 Å². The molecule has 1 aromatic rings. The highest BCUT2D eigenvalue weighted by atomic mass is 16.2. The molecule has 0 bridgehead atoms. The summed E-state index contributed by atoms with van der Waals surface area (Å²) in [7, 11) is 0. The zero-order chi connectivity index (χ0) is 13.8. The van der Waals surface area contributed by atoms with Crippen LogP contribution in [0.5, 0.6) is 0 Å². The molecule has 0 radical (unpaired) electrons. The smallest absolute Gasteiger partial charge is 0.334 e. The number of carbonyl (C=O) groups is 1. The average Bonchev–Trinajstić information content (AvgIpc) is 2.99. The molecule has 1 atom stereocenters. The summed E-state index contributed by atoms with van der Waals surface area (Å²) in [4.78, 5) is 12.4. The first-order valence-electron chi connectivity index (χ1n) is 7.52. The predicted octanol–water partition coefficient (Wildman–Crippen LogP) is 3.46. The summed E-state index contributed by atoms with van der Waals surface area (Å²) < 4.78 is 0. The van der Waals surface area contributed by atoms with Crippen molar-refractivity contribution < 1.29 is 4.79 Å². The fourth-order valence-electron chi connectivity index (χ4n) is 3.05. The van der Waals surface area contributed by atoms with Gasteiger partial charge in [0.2, 0.25) is 0 Å². The standard InChI is InChI=1S/C16H21N3O/c20-16(18-14-9-5-2-6-10-14)19-15(11-12-17-19)13-7-3-1-4-8-13/h1,3-4,7-8,12,14-15H,2,5-6,9-11H2,(H,18,20). The molecule has 1 aromatic carbocycles. The fourth-order valence-corrected chi connectivity index (χ4v) is 3.05. The summed E-state index contributed by atoms with van der Waals surface area (Å²) in [6, 6.07) is 10.4. The monoisotopic (exact) mass is 271 g/mol. The lowest BCUT2D eigenvalue weighted by molar-refractivity contribution is 0.178. The molecular formula is C16H21N3O. The maximum atomic E-state index is 12.4. The molecule has 4 heteroatoms. The Morgan fingerprint density at radius 3 is 2.65 bits per heavy atom. The highest BCUT2D eigenvalue weighted by Crippen LogP contribution is 2.28. The van der Waals surface area contributed by atoms with Crippen molar-refractivity contribution in [3.8, 4) is 0 Å². The molecule has 2 amide bonds. The first kappa shape index (κ1) is 13.2. The second kappa shape index (κ2) is 6.07. The number of rotatable bonds is 2. The highest BCUT2D eigenvalue weighted by molar-refractivity contribution is 5.78. The number of nitrogens with zero attached hydrogens (tertiary/aromatic N) is 2. The normalized spacial score (nSPS) is 23.0. The molecule has 0 spiro atoms. The van der Waals surface area contributed by atoms with Gasteiger partial charge in [-0.15, -0.1) is 0 Å². The molecule has 1 N–H and O–H groups in total. The molecule has 2 aliphatic rings. The number of amides is 2. The molecular weight excluding hydrogens is 250 g/mol. The van der Waals surface area contributed by atoms with Gasteiger partial charge in [-0.05, 0) is 18.4 Å². The Kier molecular flexibility index (Phi) is 4.00. The van der Waals surface area contributed by atoms with Gasteiger partial charge in [0.05, 0.1) is 6.04 Å². The van der Waals surface area contributed by atoms with Crippen molar-refractivity contribution in [1.82, 2.24) is 10.3 Å². The topological polar surface area (TPSA) is 44.7 Å². The van der Waals surface area contributed by atoms with Gasteiger partial charge < -0.3 is 5.32 Å². The lowest BCUT2D eigenvalue weighted by atomic mass is 9.96. The minimum Gasteiger partial charge on any atom is -0.334 e. The second-order valence-electron chi connectivity index (χ2n) is 5.59. The van der Waals surface area contributed by atoms with E-state index in [-0.39, 0.29) is 12.1 Å². The molecule has 1 unspecified atom stereocenters. The predicted molar refractivity (Wildman–Crippen MR) is 79.5 cm³/mol. The van der Waals surface area contributed by atoms with E-state index in [1.54, 1.807) is 5.01 Å². The molecule has 0 aromatic heterocycles. The SMILES string of the molecule is O=C(NC1CCCCC1)N1N=CCC1c1ccccc1. The Balaban J connectivity index is 1.65. The van der Waals surface area contributed by atoms with Crippen LogP contribution in [-0.2, 0) is 0 Å². The van der Waals surface area contributed by atoms with Gasteiger partial charge in [0.1, 0.15) is 0 Å². The van der Waals surface area contributed by atoms with E-state index in [1.807, 2.05) is 24.4 Å². The van der Waals surface area contributed by atoms with Gasteiger partial charge in [-0.3, -0.25) is 0 Å². The van der Waals surface area contributed by atoms with Gasteiger partial charge >= 0.3 is 6.03 Å². The van der Waals surface area contributed by atoms with Crippen LogP contribution >= 0.6 is 0 Å². The van der Waals surface area contributed by atoms with Crippen LogP contribution in [0, 0.1) is 0 Å². The Hall–Kier alpha value is -1.84. The molecule has 1 heterocycles. The van der Waals surface area contributed by atoms with Gasteiger partial charge in [0.15, 0.2) is 0 Å². The molecule has 1 aliphatic heterocycles. The van der Waals surface area contributed by atoms with Crippen LogP contribution in [0.25, 0.3) is 0 Å². The number of carbonyl (C=O) groups excluding carboxylic acids is 1. The van der Waals surface area contributed by atoms with Gasteiger partial charge in [0.25, 0.3) is 0 Å². The third-order valence-electron chi connectivity index (χ3n) is 4.16. The van der Waals surface area contributed by atoms with Crippen molar-refractivity contribution in [1.29, 1.82) is 0 Å². The number of benzene rings is 1. The van der Waals surface area contributed by atoms with Gasteiger partial charge in [-0.25, -0.2) is 9.80 Å². The van der Waals surface area contributed by atoms with E-state index < -0.39 is 0 Å². The van der Waals surface area contributed by atoms with Crippen molar-refractivity contribution >= 4 is 12.2 Å². The van der Waals surface area contributed by atoms with E-state index >= 15 is 0 Å². The van der Waals surface area contributed by atoms with Crippen LogP contribution in [0.4, 0.5) is 4.79 Å². The average molecular weight is 271 g/mol. The number of nitrogens with one attached hydrogen (secondary N) is 1. The summed E-state index contributed by atoms with van der Waals surface area (Å²) in [5.41, 5.74) is 1.14. The van der Waals surface area contributed by atoms with E-state index in [0.717, 1.165) is 24.8 Å². The minimum atomic E-state index is -0.0560. The molecule has 20 heavy (non-hydrogen) atoms. The van der Waals surface area contributed by atoms with Crippen molar-refractivity contribution in [2.45, 2.75) is 50.6 Å². The molecule has 1 saturated carbocycles. The van der Waals surface area contributed by atoms with Gasteiger partial charge in [-0.1, -0.05) is 49.6 Å². The van der Waals surface area contributed by atoms with Crippen LogP contribution in [0.2, 0.25) is 0 Å². The van der Waals surface area contributed by atoms with E-state index in [1.165, 1.54) is 19.3 Å². The summed E-state index contributed by atoms with van der Waals surface area (Å²) >= 11 is 0. The van der Waals surface area contributed by atoms with Crippen molar-refractivity contribution in [2.24, 2.45) is 5.10 Å². The summed E-state index contributed by atoms with van der Waals surface area (Å²) in [6.07, 6.45) is 8.55. The van der Waals surface area contributed by atoms with Crippen LogP contribution < -0.4 is 5.32 Å². The Bertz CT molecular complexity index is 480. The number of hydrogen-bond acceptors (Lipinski definition) is 2. The molecule has 0 saturated heterocycles. The van der Waals surface area contributed by atoms with Crippen LogP contribution in [0.3, 0.4) is 0 Å². The zero-order valence-electron chi connectivity index (χ0n) is 11.7. The molecule has 4 nitrogen and oxygen atoms in total. The van der Waals surface area contributed by atoms with Crippen LogP contribution in [0.15, 0.2) is 35.4 Å². The number of hydrazone groups is 1. The van der Waals surface area contributed by atoms with Crippen LogP contribution in [0.1, 0.15) is 50.1 Å². The Morgan fingerprint density at radius 2 is 1.90 bits per heavy atom. The molecule has 1 fully saturated rings. The Morgan fingerprint density at radius 1 is 1.15 bits per heavy atom. The largest absolute Gasteiger partial charge is 0.338 e. The van der Waals surface area contributed by atoms with E-state index in [2.05, 4.69) is 22.6 Å². The fraction of sp³-hybridized carbons (Fsp3) is 0.500. The zero-order valence-corrected chi connectivity index (χ0v) is 11.7.